The maximum Gasteiger partial charge on any atom is 0.573 e. The van der Waals surface area contributed by atoms with Crippen LogP contribution in [0.25, 0.3) is 0 Å². The van der Waals surface area contributed by atoms with Crippen LogP contribution >= 0.6 is 0 Å². The highest BCUT2D eigenvalue weighted by Gasteiger charge is 2.31. The molecule has 0 spiro atoms. The number of Topliss-reactive ketones (excluding diaryl/α,β-unsaturated/α-hetero) is 1. The molecule has 1 aliphatic rings. The van der Waals surface area contributed by atoms with Crippen LogP contribution in [0.15, 0.2) is 24.3 Å². The second-order valence-corrected chi connectivity index (χ2v) is 4.34. The molecule has 6 heteroatoms. The van der Waals surface area contributed by atoms with Gasteiger partial charge in [0.15, 0.2) is 5.78 Å². The van der Waals surface area contributed by atoms with Crippen molar-refractivity contribution < 1.29 is 27.4 Å². The Balaban J connectivity index is 2.03. The third kappa shape index (κ3) is 4.24. The van der Waals surface area contributed by atoms with E-state index in [2.05, 4.69) is 4.74 Å². The van der Waals surface area contributed by atoms with Crippen molar-refractivity contribution in [3.05, 3.63) is 29.8 Å². The SMILES string of the molecule is O=C(CC1CCCO1)c1cccc(OC(F)(F)F)c1. The normalized spacial score (nSPS) is 19.4. The summed E-state index contributed by atoms with van der Waals surface area (Å²) < 4.78 is 45.3. The molecule has 0 N–H and O–H groups in total. The van der Waals surface area contributed by atoms with Gasteiger partial charge in [-0.15, -0.1) is 13.2 Å². The van der Waals surface area contributed by atoms with Gasteiger partial charge in [0.05, 0.1) is 6.10 Å². The van der Waals surface area contributed by atoms with Crippen LogP contribution in [0, 0.1) is 0 Å². The van der Waals surface area contributed by atoms with Gasteiger partial charge in [0.2, 0.25) is 0 Å². The average Bonchev–Trinajstić information content (AvgIpc) is 2.80. The average molecular weight is 274 g/mol. The Bertz CT molecular complexity index is 451. The molecule has 1 heterocycles. The van der Waals surface area contributed by atoms with Gasteiger partial charge in [-0.05, 0) is 25.0 Å². The molecule has 0 radical (unpaired) electrons. The van der Waals surface area contributed by atoms with Gasteiger partial charge in [-0.3, -0.25) is 4.79 Å². The quantitative estimate of drug-likeness (QED) is 0.790. The van der Waals surface area contributed by atoms with E-state index in [0.29, 0.717) is 6.61 Å². The molecular weight excluding hydrogens is 261 g/mol. The highest BCUT2D eigenvalue weighted by Crippen LogP contribution is 2.24. The Morgan fingerprint density at radius 1 is 1.42 bits per heavy atom. The lowest BCUT2D eigenvalue weighted by Gasteiger charge is -2.11. The van der Waals surface area contributed by atoms with E-state index in [1.54, 1.807) is 0 Å². The highest BCUT2D eigenvalue weighted by molar-refractivity contribution is 5.96. The van der Waals surface area contributed by atoms with Crippen molar-refractivity contribution in [2.75, 3.05) is 6.61 Å². The van der Waals surface area contributed by atoms with Crippen LogP contribution in [0.2, 0.25) is 0 Å². The van der Waals surface area contributed by atoms with Gasteiger partial charge in [-0.2, -0.15) is 0 Å². The van der Waals surface area contributed by atoms with E-state index >= 15 is 0 Å². The fourth-order valence-electron chi connectivity index (χ4n) is 2.00. The van der Waals surface area contributed by atoms with Crippen LogP contribution in [0.4, 0.5) is 13.2 Å². The van der Waals surface area contributed by atoms with Crippen LogP contribution in [0.1, 0.15) is 29.6 Å². The lowest BCUT2D eigenvalue weighted by atomic mass is 10.0. The number of alkyl halides is 3. The lowest BCUT2D eigenvalue weighted by molar-refractivity contribution is -0.274. The summed E-state index contributed by atoms with van der Waals surface area (Å²) in [4.78, 5) is 11.9. The first-order valence-electron chi connectivity index (χ1n) is 5.95. The van der Waals surface area contributed by atoms with E-state index in [4.69, 9.17) is 4.74 Å². The van der Waals surface area contributed by atoms with Crippen molar-refractivity contribution in [2.24, 2.45) is 0 Å². The summed E-state index contributed by atoms with van der Waals surface area (Å²) in [5.41, 5.74) is 0.206. The summed E-state index contributed by atoms with van der Waals surface area (Å²) in [6.45, 7) is 0.634. The van der Waals surface area contributed by atoms with Crippen molar-refractivity contribution in [3.63, 3.8) is 0 Å². The fourth-order valence-corrected chi connectivity index (χ4v) is 2.00. The van der Waals surface area contributed by atoms with Gasteiger partial charge in [0.1, 0.15) is 5.75 Å². The van der Waals surface area contributed by atoms with Crippen LogP contribution in [0.3, 0.4) is 0 Å². The van der Waals surface area contributed by atoms with Gasteiger partial charge in [-0.25, -0.2) is 0 Å². The molecule has 1 atom stereocenters. The molecule has 1 aromatic rings. The van der Waals surface area contributed by atoms with Crippen LogP contribution < -0.4 is 4.74 Å². The van der Waals surface area contributed by atoms with Gasteiger partial charge in [-0.1, -0.05) is 12.1 Å². The minimum Gasteiger partial charge on any atom is -0.406 e. The largest absolute Gasteiger partial charge is 0.573 e. The first-order chi connectivity index (χ1) is 8.94. The first kappa shape index (κ1) is 13.9. The number of carbonyl (C=O) groups excluding carboxylic acids is 1. The Labute approximate surface area is 108 Å². The predicted octanol–water partition coefficient (Wildman–Crippen LogP) is 3.34. The van der Waals surface area contributed by atoms with E-state index in [0.717, 1.165) is 25.0 Å². The maximum absolute atomic E-state index is 12.1. The number of ketones is 1. The third-order valence-electron chi connectivity index (χ3n) is 2.83. The maximum atomic E-state index is 12.1. The molecule has 2 rings (SSSR count). The Kier molecular flexibility index (Phi) is 4.09. The second-order valence-electron chi connectivity index (χ2n) is 4.34. The minimum absolute atomic E-state index is 0.125. The summed E-state index contributed by atoms with van der Waals surface area (Å²) in [6.07, 6.45) is -2.97. The third-order valence-corrected chi connectivity index (χ3v) is 2.83. The van der Waals surface area contributed by atoms with Crippen LogP contribution in [-0.2, 0) is 4.74 Å². The summed E-state index contributed by atoms with van der Waals surface area (Å²) in [5, 5.41) is 0. The van der Waals surface area contributed by atoms with E-state index in [1.807, 2.05) is 0 Å². The molecule has 0 aromatic heterocycles. The van der Waals surface area contributed by atoms with Crippen molar-refractivity contribution >= 4 is 5.78 Å². The summed E-state index contributed by atoms with van der Waals surface area (Å²) in [7, 11) is 0. The van der Waals surface area contributed by atoms with E-state index in [-0.39, 0.29) is 29.6 Å². The molecule has 0 amide bonds. The molecule has 3 nitrogen and oxygen atoms in total. The standard InChI is InChI=1S/C13H13F3O3/c14-13(15,16)19-11-4-1-3-9(7-11)12(17)8-10-5-2-6-18-10/h1,3-4,7,10H,2,5-6,8H2. The van der Waals surface area contributed by atoms with Crippen molar-refractivity contribution in [3.8, 4) is 5.75 Å². The molecule has 1 aliphatic heterocycles. The molecule has 1 fully saturated rings. The number of hydrogen-bond acceptors (Lipinski definition) is 3. The Hall–Kier alpha value is -1.56. The highest BCUT2D eigenvalue weighted by atomic mass is 19.4. The Morgan fingerprint density at radius 2 is 2.21 bits per heavy atom. The number of halogens is 3. The number of rotatable bonds is 4. The zero-order valence-corrected chi connectivity index (χ0v) is 10.1. The van der Waals surface area contributed by atoms with Gasteiger partial charge >= 0.3 is 6.36 Å². The van der Waals surface area contributed by atoms with Gasteiger partial charge in [0, 0.05) is 18.6 Å². The van der Waals surface area contributed by atoms with E-state index < -0.39 is 6.36 Å². The fraction of sp³-hybridized carbons (Fsp3) is 0.462. The molecule has 0 aliphatic carbocycles. The predicted molar refractivity (Wildman–Crippen MR) is 61.0 cm³/mol. The minimum atomic E-state index is -4.75. The van der Waals surface area contributed by atoms with Crippen LogP contribution in [0.5, 0.6) is 5.75 Å². The smallest absolute Gasteiger partial charge is 0.406 e. The number of benzene rings is 1. The monoisotopic (exact) mass is 274 g/mol. The van der Waals surface area contributed by atoms with Gasteiger partial charge < -0.3 is 9.47 Å². The lowest BCUT2D eigenvalue weighted by Crippen LogP contribution is -2.17. The first-order valence-corrected chi connectivity index (χ1v) is 5.95. The molecule has 1 aromatic carbocycles. The number of hydrogen-bond donors (Lipinski definition) is 0. The summed E-state index contributed by atoms with van der Waals surface area (Å²) in [6, 6.07) is 5.10. The van der Waals surface area contributed by atoms with Crippen molar-refractivity contribution in [2.45, 2.75) is 31.7 Å². The number of ether oxygens (including phenoxy) is 2. The second kappa shape index (κ2) is 5.61. The number of carbonyl (C=O) groups is 1. The zero-order valence-electron chi connectivity index (χ0n) is 10.1. The molecule has 19 heavy (non-hydrogen) atoms. The molecule has 1 unspecified atom stereocenters. The molecule has 104 valence electrons. The summed E-state index contributed by atoms with van der Waals surface area (Å²) >= 11 is 0. The summed E-state index contributed by atoms with van der Waals surface area (Å²) in [5.74, 6) is -0.620. The topological polar surface area (TPSA) is 35.5 Å². The van der Waals surface area contributed by atoms with Crippen molar-refractivity contribution in [1.82, 2.24) is 0 Å². The van der Waals surface area contributed by atoms with Gasteiger partial charge in [0.25, 0.3) is 0 Å². The molecular formula is C13H13F3O3. The van der Waals surface area contributed by atoms with Crippen molar-refractivity contribution in [1.29, 1.82) is 0 Å². The zero-order chi connectivity index (χ0) is 13.9. The molecule has 1 saturated heterocycles. The van der Waals surface area contributed by atoms with Crippen LogP contribution in [-0.4, -0.2) is 24.9 Å². The Morgan fingerprint density at radius 3 is 2.84 bits per heavy atom. The van der Waals surface area contributed by atoms with E-state index in [9.17, 15) is 18.0 Å². The molecule has 0 bridgehead atoms. The van der Waals surface area contributed by atoms with E-state index in [1.165, 1.54) is 12.1 Å². The molecule has 0 saturated carbocycles.